The first-order chi connectivity index (χ1) is 11.0. The molecular formula is C15H11BrFNO5. The third kappa shape index (κ3) is 5.03. The van der Waals surface area contributed by atoms with E-state index in [2.05, 4.69) is 15.9 Å². The van der Waals surface area contributed by atoms with Crippen molar-refractivity contribution < 1.29 is 23.6 Å². The molecule has 0 aliphatic heterocycles. The van der Waals surface area contributed by atoms with Crippen molar-refractivity contribution in [3.63, 3.8) is 0 Å². The van der Waals surface area contributed by atoms with E-state index in [1.807, 2.05) is 0 Å². The van der Waals surface area contributed by atoms with Crippen LogP contribution in [0.2, 0.25) is 0 Å². The summed E-state index contributed by atoms with van der Waals surface area (Å²) < 4.78 is 23.5. The van der Waals surface area contributed by atoms with Gasteiger partial charge in [-0.3, -0.25) is 10.1 Å². The van der Waals surface area contributed by atoms with Crippen LogP contribution >= 0.6 is 15.9 Å². The summed E-state index contributed by atoms with van der Waals surface area (Å²) in [7, 11) is 0. The minimum Gasteiger partial charge on any atom is -0.481 e. The second-order valence-electron chi connectivity index (χ2n) is 4.45. The predicted octanol–water partition coefficient (Wildman–Crippen LogP) is 3.62. The lowest BCUT2D eigenvalue weighted by Gasteiger charge is -2.08. The molecule has 0 bridgehead atoms. The van der Waals surface area contributed by atoms with Gasteiger partial charge in [0, 0.05) is 12.1 Å². The predicted molar refractivity (Wildman–Crippen MR) is 82.5 cm³/mol. The Kier molecular flexibility index (Phi) is 5.64. The molecule has 0 aliphatic rings. The van der Waals surface area contributed by atoms with Crippen molar-refractivity contribution in [3.8, 4) is 5.75 Å². The van der Waals surface area contributed by atoms with Gasteiger partial charge in [-0.05, 0) is 51.8 Å². The minimum absolute atomic E-state index is 0.0230. The molecule has 2 aromatic carbocycles. The molecule has 2 rings (SSSR count). The Balaban J connectivity index is 1.82. The van der Waals surface area contributed by atoms with Crippen molar-refractivity contribution in [1.82, 2.24) is 0 Å². The maximum absolute atomic E-state index is 12.9. The van der Waals surface area contributed by atoms with Gasteiger partial charge in [0.05, 0.1) is 9.40 Å². The van der Waals surface area contributed by atoms with Crippen LogP contribution < -0.4 is 4.74 Å². The summed E-state index contributed by atoms with van der Waals surface area (Å²) in [6, 6.07) is 9.49. The Hall–Kier alpha value is -2.48. The fraction of sp³-hybridized carbons (Fsp3) is 0.133. The molecule has 0 spiro atoms. The third-order valence-electron chi connectivity index (χ3n) is 2.79. The summed E-state index contributed by atoms with van der Waals surface area (Å²) >= 11 is 3.12. The molecule has 0 atom stereocenters. The van der Waals surface area contributed by atoms with E-state index < -0.39 is 16.7 Å². The van der Waals surface area contributed by atoms with Gasteiger partial charge >= 0.3 is 5.97 Å². The molecule has 23 heavy (non-hydrogen) atoms. The lowest BCUT2D eigenvalue weighted by Crippen LogP contribution is -2.15. The quantitative estimate of drug-likeness (QED) is 0.432. The number of benzene rings is 2. The molecule has 120 valence electrons. The zero-order valence-corrected chi connectivity index (χ0v) is 13.3. The highest BCUT2D eigenvalue weighted by molar-refractivity contribution is 9.10. The number of nitrogens with zero attached hydrogens (tertiary/aromatic N) is 1. The summed E-state index contributed by atoms with van der Waals surface area (Å²) in [5.41, 5.74) is 0.580. The standard InChI is InChI=1S/C15H11BrFNO5/c16-13-7-11(17)3-6-14(13)22-9-15(19)23-8-10-1-4-12(5-2-10)18(20)21/h1-7H,8-9H2. The van der Waals surface area contributed by atoms with E-state index in [1.165, 1.54) is 42.5 Å². The van der Waals surface area contributed by atoms with Gasteiger partial charge in [0.25, 0.3) is 5.69 Å². The lowest BCUT2D eigenvalue weighted by molar-refractivity contribution is -0.384. The van der Waals surface area contributed by atoms with E-state index in [0.717, 1.165) is 0 Å². The number of esters is 1. The second-order valence-corrected chi connectivity index (χ2v) is 5.30. The molecule has 0 amide bonds. The Bertz CT molecular complexity index is 720. The highest BCUT2D eigenvalue weighted by atomic mass is 79.9. The van der Waals surface area contributed by atoms with Gasteiger partial charge < -0.3 is 9.47 Å². The van der Waals surface area contributed by atoms with Crippen molar-refractivity contribution in [2.45, 2.75) is 6.61 Å². The summed E-state index contributed by atoms with van der Waals surface area (Å²) in [4.78, 5) is 21.6. The molecule has 0 saturated carbocycles. The van der Waals surface area contributed by atoms with Crippen molar-refractivity contribution in [2.24, 2.45) is 0 Å². The number of hydrogen-bond acceptors (Lipinski definition) is 5. The average molecular weight is 384 g/mol. The van der Waals surface area contributed by atoms with Crippen molar-refractivity contribution in [3.05, 3.63) is 68.4 Å². The summed E-state index contributed by atoms with van der Waals surface area (Å²) in [5.74, 6) is -0.719. The number of hydrogen-bond donors (Lipinski definition) is 0. The molecule has 0 aliphatic carbocycles. The highest BCUT2D eigenvalue weighted by Crippen LogP contribution is 2.25. The summed E-state index contributed by atoms with van der Waals surface area (Å²) in [6.07, 6.45) is 0. The van der Waals surface area contributed by atoms with Crippen molar-refractivity contribution >= 4 is 27.6 Å². The monoisotopic (exact) mass is 383 g/mol. The first-order valence-electron chi connectivity index (χ1n) is 6.42. The number of carbonyl (C=O) groups is 1. The zero-order chi connectivity index (χ0) is 16.8. The molecule has 0 aromatic heterocycles. The van der Waals surface area contributed by atoms with Crippen molar-refractivity contribution in [1.29, 1.82) is 0 Å². The van der Waals surface area contributed by atoms with Gasteiger partial charge in [-0.25, -0.2) is 9.18 Å². The van der Waals surface area contributed by atoms with E-state index in [-0.39, 0.29) is 18.9 Å². The smallest absolute Gasteiger partial charge is 0.344 e. The van der Waals surface area contributed by atoms with Crippen LogP contribution in [0.25, 0.3) is 0 Å². The maximum atomic E-state index is 12.9. The van der Waals surface area contributed by atoms with Crippen LogP contribution in [0.4, 0.5) is 10.1 Å². The fourth-order valence-corrected chi connectivity index (χ4v) is 2.11. The largest absolute Gasteiger partial charge is 0.481 e. The SMILES string of the molecule is O=C(COc1ccc(F)cc1Br)OCc1ccc([N+](=O)[O-])cc1. The normalized spacial score (nSPS) is 10.2. The summed E-state index contributed by atoms with van der Waals surface area (Å²) in [6.45, 7) is -0.359. The van der Waals surface area contributed by atoms with Crippen LogP contribution in [0.5, 0.6) is 5.75 Å². The molecule has 0 heterocycles. The van der Waals surface area contributed by atoms with Crippen LogP contribution in [-0.4, -0.2) is 17.5 Å². The Morgan fingerprint density at radius 1 is 1.22 bits per heavy atom. The van der Waals surface area contributed by atoms with Gasteiger partial charge in [0.2, 0.25) is 0 Å². The molecule has 0 saturated heterocycles. The van der Waals surface area contributed by atoms with Gasteiger partial charge in [0.15, 0.2) is 6.61 Å². The van der Waals surface area contributed by atoms with Crippen LogP contribution in [0.3, 0.4) is 0 Å². The topological polar surface area (TPSA) is 78.7 Å². The second kappa shape index (κ2) is 7.68. The molecule has 8 heteroatoms. The number of halogens is 2. The van der Waals surface area contributed by atoms with E-state index in [9.17, 15) is 19.3 Å². The van der Waals surface area contributed by atoms with E-state index in [4.69, 9.17) is 9.47 Å². The lowest BCUT2D eigenvalue weighted by atomic mass is 10.2. The van der Waals surface area contributed by atoms with Crippen molar-refractivity contribution in [2.75, 3.05) is 6.61 Å². The van der Waals surface area contributed by atoms with Crippen LogP contribution in [0.1, 0.15) is 5.56 Å². The number of nitro groups is 1. The molecule has 0 fully saturated rings. The first-order valence-corrected chi connectivity index (χ1v) is 7.22. The van der Waals surface area contributed by atoms with Gasteiger partial charge in [0.1, 0.15) is 18.2 Å². The Morgan fingerprint density at radius 3 is 2.52 bits per heavy atom. The van der Waals surface area contributed by atoms with E-state index >= 15 is 0 Å². The number of non-ortho nitro benzene ring substituents is 1. The van der Waals surface area contributed by atoms with Gasteiger partial charge in [-0.1, -0.05) is 0 Å². The minimum atomic E-state index is -0.612. The first kappa shape index (κ1) is 16.9. The number of carbonyl (C=O) groups excluding carboxylic acids is 1. The summed E-state index contributed by atoms with van der Waals surface area (Å²) in [5, 5.41) is 10.5. The molecular weight excluding hydrogens is 373 g/mol. The van der Waals surface area contributed by atoms with Crippen LogP contribution in [0.15, 0.2) is 46.9 Å². The number of ether oxygens (including phenoxy) is 2. The fourth-order valence-electron chi connectivity index (χ4n) is 1.65. The average Bonchev–Trinajstić information content (AvgIpc) is 2.52. The molecule has 2 aromatic rings. The third-order valence-corrected chi connectivity index (χ3v) is 3.41. The van der Waals surface area contributed by atoms with Crippen LogP contribution in [-0.2, 0) is 16.1 Å². The molecule has 0 N–H and O–H groups in total. The van der Waals surface area contributed by atoms with Gasteiger partial charge in [-0.2, -0.15) is 0 Å². The zero-order valence-electron chi connectivity index (χ0n) is 11.7. The molecule has 0 radical (unpaired) electrons. The Labute approximate surface area is 139 Å². The number of rotatable bonds is 6. The van der Waals surface area contributed by atoms with E-state index in [1.54, 1.807) is 0 Å². The highest BCUT2D eigenvalue weighted by Gasteiger charge is 2.09. The molecule has 0 unspecified atom stereocenters. The van der Waals surface area contributed by atoms with Gasteiger partial charge in [-0.15, -0.1) is 0 Å². The number of nitro benzene ring substituents is 1. The van der Waals surface area contributed by atoms with Crippen LogP contribution in [0, 0.1) is 15.9 Å². The maximum Gasteiger partial charge on any atom is 0.344 e. The van der Waals surface area contributed by atoms with E-state index in [0.29, 0.717) is 15.8 Å². The Morgan fingerprint density at radius 2 is 1.91 bits per heavy atom. The molecule has 6 nitrogen and oxygen atoms in total.